The molecule has 1 aliphatic rings. The highest BCUT2D eigenvalue weighted by molar-refractivity contribution is 8.00. The molecular formula is C36H46Cl2N4O3S. The minimum atomic E-state index is -0.242. The third-order valence-electron chi connectivity index (χ3n) is 5.33. The van der Waals surface area contributed by atoms with Crippen LogP contribution in [0.5, 0.6) is 0 Å². The highest BCUT2D eigenvalue weighted by Gasteiger charge is 2.13. The molecule has 3 aromatic rings. The van der Waals surface area contributed by atoms with E-state index in [1.165, 1.54) is 5.56 Å². The number of nitrogens with one attached hydrogen (secondary N) is 3. The van der Waals surface area contributed by atoms with Crippen molar-refractivity contribution in [2.45, 2.75) is 27.7 Å². The van der Waals surface area contributed by atoms with E-state index in [4.69, 9.17) is 27.9 Å². The molecule has 0 unspecified atom stereocenters. The lowest BCUT2D eigenvalue weighted by molar-refractivity contribution is -0.105. The number of hydrogen-bond donors (Lipinski definition) is 3. The van der Waals surface area contributed by atoms with Crippen LogP contribution in [0.4, 0.5) is 17.1 Å². The molecule has 0 saturated carbocycles. The highest BCUT2D eigenvalue weighted by Crippen LogP contribution is 2.27. The topological polar surface area (TPSA) is 82.7 Å². The number of likely N-dealkylation sites (N-methyl/N-ethyl adjacent to an activating group) is 1. The van der Waals surface area contributed by atoms with Crippen molar-refractivity contribution in [1.29, 1.82) is 0 Å². The van der Waals surface area contributed by atoms with Crippen molar-refractivity contribution in [3.8, 4) is 0 Å². The predicted molar refractivity (Wildman–Crippen MR) is 202 cm³/mol. The van der Waals surface area contributed by atoms with Crippen LogP contribution in [0, 0.1) is 6.92 Å². The van der Waals surface area contributed by atoms with Gasteiger partial charge in [0.25, 0.3) is 5.91 Å². The van der Waals surface area contributed by atoms with Gasteiger partial charge in [-0.05, 0) is 74.3 Å². The van der Waals surface area contributed by atoms with Crippen molar-refractivity contribution in [3.63, 3.8) is 0 Å². The first-order chi connectivity index (χ1) is 22.2. The van der Waals surface area contributed by atoms with Crippen molar-refractivity contribution >= 4 is 64.5 Å². The fourth-order valence-electron chi connectivity index (χ4n) is 3.16. The molecule has 1 fully saturated rings. The van der Waals surface area contributed by atoms with Crippen LogP contribution in [0.1, 0.15) is 36.7 Å². The second-order valence-electron chi connectivity index (χ2n) is 8.75. The maximum atomic E-state index is 12.4. The standard InChI is InChI=1S/C17H16ClN3O3S.C7H10ClN.C7H8.C3H6.C2H6/c18-15-6-3-13(9-16(15)19-10-22)20-17(23)12-1-4-14(5-2-12)21-11-24-7-8-25-21;1-4-5-7(8)6(2)9-3;1-7-5-3-2-4-6-7;1-3-2;1-2/h1-6,9-10H,7-8,11H2,(H,19,22)(H,20,23);4-5,9H,1-2H2,3H3;2-6H,1H3;3H,1H2,2H3;1-2H3/b;7-5+;;;. The zero-order valence-corrected chi connectivity index (χ0v) is 29.6. The summed E-state index contributed by atoms with van der Waals surface area (Å²) >= 11 is 13.3. The maximum absolute atomic E-state index is 12.4. The van der Waals surface area contributed by atoms with Gasteiger partial charge in [0.1, 0.15) is 6.73 Å². The summed E-state index contributed by atoms with van der Waals surface area (Å²) in [4.78, 5) is 23.0. The van der Waals surface area contributed by atoms with Gasteiger partial charge in [-0.3, -0.25) is 13.9 Å². The summed E-state index contributed by atoms with van der Waals surface area (Å²) in [5.74, 6) is 0.671. The van der Waals surface area contributed by atoms with Gasteiger partial charge in [-0.1, -0.05) is 98.3 Å². The van der Waals surface area contributed by atoms with Gasteiger partial charge in [0.15, 0.2) is 0 Å². The molecule has 3 N–H and O–H groups in total. The van der Waals surface area contributed by atoms with Gasteiger partial charge in [-0.25, -0.2) is 0 Å². The molecule has 0 spiro atoms. The van der Waals surface area contributed by atoms with E-state index in [9.17, 15) is 9.59 Å². The van der Waals surface area contributed by atoms with Crippen LogP contribution in [-0.2, 0) is 9.53 Å². The second kappa shape index (κ2) is 26.3. The molecule has 46 heavy (non-hydrogen) atoms. The zero-order valence-electron chi connectivity index (χ0n) is 27.3. The molecular weight excluding hydrogens is 639 g/mol. The summed E-state index contributed by atoms with van der Waals surface area (Å²) in [5.41, 5.74) is 4.53. The second-order valence-corrected chi connectivity index (χ2v) is 10.7. The minimum Gasteiger partial charge on any atom is -0.387 e. The largest absolute Gasteiger partial charge is 0.387 e. The van der Waals surface area contributed by atoms with E-state index in [-0.39, 0.29) is 5.91 Å². The number of halogens is 2. The smallest absolute Gasteiger partial charge is 0.255 e. The molecule has 0 aromatic heterocycles. The Labute approximate surface area is 289 Å². The summed E-state index contributed by atoms with van der Waals surface area (Å²) in [7, 11) is 1.77. The van der Waals surface area contributed by atoms with Gasteiger partial charge in [0.2, 0.25) is 6.41 Å². The van der Waals surface area contributed by atoms with Crippen LogP contribution in [0.15, 0.2) is 121 Å². The van der Waals surface area contributed by atoms with Crippen molar-refractivity contribution in [2.24, 2.45) is 0 Å². The normalized spacial score (nSPS) is 11.5. The van der Waals surface area contributed by atoms with E-state index in [1.54, 1.807) is 67.6 Å². The number of amides is 2. The lowest BCUT2D eigenvalue weighted by atomic mass is 10.2. The summed E-state index contributed by atoms with van der Waals surface area (Å²) in [6.45, 7) is 19.7. The van der Waals surface area contributed by atoms with Crippen molar-refractivity contribution in [1.82, 2.24) is 5.32 Å². The Morgan fingerprint density at radius 1 is 1.04 bits per heavy atom. The third kappa shape index (κ3) is 17.5. The molecule has 0 bridgehead atoms. The van der Waals surface area contributed by atoms with E-state index in [0.717, 1.165) is 18.0 Å². The van der Waals surface area contributed by atoms with E-state index in [1.807, 2.05) is 55.4 Å². The number of ether oxygens (including phenoxy) is 1. The molecule has 0 radical (unpaired) electrons. The Morgan fingerprint density at radius 3 is 2.15 bits per heavy atom. The van der Waals surface area contributed by atoms with Crippen molar-refractivity contribution in [2.75, 3.05) is 41.1 Å². The number of benzene rings is 3. The number of allylic oxidation sites excluding steroid dienone is 4. The van der Waals surface area contributed by atoms with Gasteiger partial charge in [-0.15, -0.1) is 6.58 Å². The van der Waals surface area contributed by atoms with E-state index >= 15 is 0 Å². The Hall–Kier alpha value is -3.95. The van der Waals surface area contributed by atoms with E-state index < -0.39 is 0 Å². The van der Waals surface area contributed by atoms with Crippen LogP contribution >= 0.6 is 35.1 Å². The first-order valence-corrected chi connectivity index (χ1v) is 16.2. The summed E-state index contributed by atoms with van der Waals surface area (Å²) in [6.07, 6.45) is 5.58. The van der Waals surface area contributed by atoms with Crippen LogP contribution in [0.3, 0.4) is 0 Å². The van der Waals surface area contributed by atoms with Crippen molar-refractivity contribution in [3.05, 3.63) is 138 Å². The first-order valence-electron chi connectivity index (χ1n) is 14.5. The number of hydrogen-bond acceptors (Lipinski definition) is 6. The lowest BCUT2D eigenvalue weighted by Gasteiger charge is -2.27. The number of nitrogens with zero attached hydrogens (tertiary/aromatic N) is 1. The highest BCUT2D eigenvalue weighted by atomic mass is 35.5. The van der Waals surface area contributed by atoms with Crippen LogP contribution < -0.4 is 20.3 Å². The fraction of sp³-hybridized carbons (Fsp3) is 0.222. The number of aryl methyl sites for hydroxylation is 1. The number of carbonyl (C=O) groups excluding carboxylic acids is 2. The Kier molecular flexibility index (Phi) is 24.0. The van der Waals surface area contributed by atoms with Gasteiger partial charge in [0, 0.05) is 35.4 Å². The van der Waals surface area contributed by atoms with Gasteiger partial charge < -0.3 is 20.7 Å². The molecule has 1 aliphatic heterocycles. The molecule has 3 aromatic carbocycles. The quantitative estimate of drug-likeness (QED) is 0.0948. The summed E-state index contributed by atoms with van der Waals surface area (Å²) in [5, 5.41) is 9.07. The maximum Gasteiger partial charge on any atom is 0.255 e. The summed E-state index contributed by atoms with van der Waals surface area (Å²) in [6, 6.07) is 22.4. The molecule has 0 atom stereocenters. The SMILES string of the molecule is C=C/C=C(/Cl)C(=C)NC.C=CC.CC.Cc1ccccc1.O=CNc1cc(NC(=O)c2ccc(N3COCCS3)cc2)ccc1Cl. The minimum absolute atomic E-state index is 0.242. The third-order valence-corrected chi connectivity index (χ3v) is 7.00. The fourth-order valence-corrected chi connectivity index (χ4v) is 4.35. The Morgan fingerprint density at radius 2 is 1.67 bits per heavy atom. The van der Waals surface area contributed by atoms with Gasteiger partial charge in [-0.2, -0.15) is 0 Å². The molecule has 0 aliphatic carbocycles. The van der Waals surface area contributed by atoms with Crippen LogP contribution in [-0.4, -0.2) is 38.5 Å². The average Bonchev–Trinajstić information content (AvgIpc) is 3.09. The number of rotatable bonds is 8. The zero-order chi connectivity index (χ0) is 34.7. The van der Waals surface area contributed by atoms with Gasteiger partial charge in [0.05, 0.1) is 22.3 Å². The van der Waals surface area contributed by atoms with Gasteiger partial charge >= 0.3 is 0 Å². The average molecular weight is 686 g/mol. The number of carbonyl (C=O) groups is 2. The number of anilines is 3. The molecule has 248 valence electrons. The van der Waals surface area contributed by atoms with E-state index in [2.05, 4.69) is 54.7 Å². The Balaban J connectivity index is 0.000000788. The lowest BCUT2D eigenvalue weighted by Crippen LogP contribution is -2.25. The molecule has 1 heterocycles. The Bertz CT molecular complexity index is 1360. The predicted octanol–water partition coefficient (Wildman–Crippen LogP) is 9.84. The molecule has 10 heteroatoms. The summed E-state index contributed by atoms with van der Waals surface area (Å²) < 4.78 is 7.46. The molecule has 1 saturated heterocycles. The molecule has 2 amide bonds. The van der Waals surface area contributed by atoms with Crippen LogP contribution in [0.2, 0.25) is 5.02 Å². The van der Waals surface area contributed by atoms with E-state index in [0.29, 0.717) is 45.8 Å². The van der Waals surface area contributed by atoms with Crippen molar-refractivity contribution < 1.29 is 14.3 Å². The molecule has 4 rings (SSSR count). The monoisotopic (exact) mass is 684 g/mol. The molecule has 7 nitrogen and oxygen atoms in total. The van der Waals surface area contributed by atoms with Crippen LogP contribution in [0.25, 0.3) is 0 Å². The first kappa shape index (κ1) is 42.0.